The Labute approximate surface area is 223 Å². The summed E-state index contributed by atoms with van der Waals surface area (Å²) in [6.45, 7) is 5.97. The van der Waals surface area contributed by atoms with Crippen LogP contribution < -0.4 is 21.3 Å². The van der Waals surface area contributed by atoms with Crippen molar-refractivity contribution >= 4 is 41.3 Å². The molecule has 0 heterocycles. The molecule has 0 saturated heterocycles. The summed E-state index contributed by atoms with van der Waals surface area (Å²) in [5.74, 6) is -11.8. The molecule has 0 aliphatic rings. The average Bonchev–Trinajstić information content (AvgIpc) is 2.79. The van der Waals surface area contributed by atoms with Crippen LogP contribution in [0.5, 0.6) is 0 Å². The molecule has 5 amide bonds. The smallest absolute Gasteiger partial charge is 0.452 e. The fraction of sp³-hybridized carbons (Fsp3) is 0.696. The summed E-state index contributed by atoms with van der Waals surface area (Å²) >= 11 is 0. The number of likely N-dealkylation sites (N-methyl/N-ethyl adjacent to an activating group) is 1. The topological polar surface area (TPSA) is 191 Å². The number of nitrogens with one attached hydrogen (secondary N) is 4. The van der Waals surface area contributed by atoms with Crippen molar-refractivity contribution in [1.29, 1.82) is 0 Å². The van der Waals surface area contributed by atoms with Crippen LogP contribution in [0.15, 0.2) is 0 Å². The third-order valence-corrected chi connectivity index (χ3v) is 5.83. The van der Waals surface area contributed by atoms with Gasteiger partial charge in [-0.25, -0.2) is 0 Å². The van der Waals surface area contributed by atoms with Crippen molar-refractivity contribution < 1.29 is 51.8 Å². The maximum Gasteiger partial charge on any atom is 0.452 e. The van der Waals surface area contributed by atoms with E-state index >= 15 is 0 Å². The van der Waals surface area contributed by atoms with Crippen molar-refractivity contribution in [1.82, 2.24) is 26.2 Å². The molecule has 0 spiro atoms. The van der Waals surface area contributed by atoms with Crippen molar-refractivity contribution in [3.63, 3.8) is 0 Å². The van der Waals surface area contributed by atoms with Crippen LogP contribution in [0.25, 0.3) is 0 Å². The lowest BCUT2D eigenvalue weighted by atomic mass is 9.77. The molecule has 0 unspecified atom stereocenters. The Hall–Kier alpha value is -3.72. The second-order valence-corrected chi connectivity index (χ2v) is 9.95. The van der Waals surface area contributed by atoms with Crippen LogP contribution in [0.2, 0.25) is 0 Å². The van der Waals surface area contributed by atoms with Gasteiger partial charge in [0.2, 0.25) is 29.5 Å². The number of amides is 5. The Kier molecular flexibility index (Phi) is 12.6. The molecule has 0 radical (unpaired) electrons. The number of carboxylic acid groups (broad SMARTS) is 1. The number of nitrogens with zero attached hydrogens (tertiary/aromatic N) is 1. The first kappa shape index (κ1) is 35.3. The number of hydrogen-bond acceptors (Lipinski definition) is 7. The predicted molar refractivity (Wildman–Crippen MR) is 130 cm³/mol. The standard InChI is InChI=1S/C23H36F3N5O8/c1-10(2)15(20(37)27-6)30-19(36)14(22(4,5)21(38)39)18(35)29-12(9-13(32)31(7)8)17(34)28-11(3)16(33)23(24,25)26/h10-12,14-15H,9H2,1-8H3,(H,27,37)(H,28,34)(H,29,35)(H,30,36)(H,38,39)/t11-,12-,14-,15-/m0/s1. The summed E-state index contributed by atoms with van der Waals surface area (Å²) in [4.78, 5) is 88.1. The van der Waals surface area contributed by atoms with Gasteiger partial charge in [0, 0.05) is 21.1 Å². The molecule has 222 valence electrons. The highest BCUT2D eigenvalue weighted by Crippen LogP contribution is 2.29. The molecule has 0 bridgehead atoms. The molecule has 0 aliphatic heterocycles. The van der Waals surface area contributed by atoms with Crippen LogP contribution in [0.4, 0.5) is 13.2 Å². The molecule has 0 aromatic rings. The maximum atomic E-state index is 13.3. The lowest BCUT2D eigenvalue weighted by molar-refractivity contribution is -0.173. The van der Waals surface area contributed by atoms with Gasteiger partial charge in [0.1, 0.15) is 18.0 Å². The molecule has 5 N–H and O–H groups in total. The van der Waals surface area contributed by atoms with E-state index < -0.39 is 89.3 Å². The predicted octanol–water partition coefficient (Wildman–Crippen LogP) is -0.801. The highest BCUT2D eigenvalue weighted by molar-refractivity contribution is 6.07. The average molecular weight is 568 g/mol. The van der Waals surface area contributed by atoms with Crippen LogP contribution >= 0.6 is 0 Å². The third-order valence-electron chi connectivity index (χ3n) is 5.83. The summed E-state index contributed by atoms with van der Waals surface area (Å²) in [6.07, 6.45) is -6.08. The van der Waals surface area contributed by atoms with E-state index in [1.807, 2.05) is 0 Å². The zero-order chi connectivity index (χ0) is 31.0. The first-order valence-electron chi connectivity index (χ1n) is 11.8. The van der Waals surface area contributed by atoms with Gasteiger partial charge in [-0.2, -0.15) is 13.2 Å². The molecule has 0 rings (SSSR count). The monoisotopic (exact) mass is 567 g/mol. The number of carboxylic acids is 1. The number of Topliss-reactive ketones (excluding diaryl/α,β-unsaturated/α-hetero) is 1. The molecular weight excluding hydrogens is 531 g/mol. The van der Waals surface area contributed by atoms with Gasteiger partial charge >= 0.3 is 12.1 Å². The third kappa shape index (κ3) is 9.83. The fourth-order valence-corrected chi connectivity index (χ4v) is 3.27. The number of carbonyl (C=O) groups excluding carboxylic acids is 6. The van der Waals surface area contributed by atoms with E-state index in [-0.39, 0.29) is 0 Å². The minimum Gasteiger partial charge on any atom is -0.481 e. The van der Waals surface area contributed by atoms with Crippen molar-refractivity contribution in [3.05, 3.63) is 0 Å². The van der Waals surface area contributed by atoms with E-state index in [0.717, 1.165) is 25.7 Å². The quantitative estimate of drug-likeness (QED) is 0.179. The lowest BCUT2D eigenvalue weighted by Gasteiger charge is -2.32. The van der Waals surface area contributed by atoms with Crippen LogP contribution in [0.3, 0.4) is 0 Å². The Morgan fingerprint density at radius 3 is 1.69 bits per heavy atom. The number of rotatable bonds is 13. The normalized spacial score (nSPS) is 14.8. The van der Waals surface area contributed by atoms with Crippen LogP contribution in [-0.4, -0.2) is 96.7 Å². The minimum absolute atomic E-state index is 0.491. The number of carbonyl (C=O) groups is 7. The highest BCUT2D eigenvalue weighted by Gasteiger charge is 2.48. The van der Waals surface area contributed by atoms with E-state index in [1.165, 1.54) is 21.1 Å². The molecule has 0 aromatic carbocycles. The Bertz CT molecular complexity index is 981. The van der Waals surface area contributed by atoms with Gasteiger partial charge in [0.25, 0.3) is 5.78 Å². The Morgan fingerprint density at radius 2 is 1.31 bits per heavy atom. The lowest BCUT2D eigenvalue weighted by Crippen LogP contribution is -2.60. The zero-order valence-corrected chi connectivity index (χ0v) is 23.0. The van der Waals surface area contributed by atoms with E-state index in [4.69, 9.17) is 0 Å². The van der Waals surface area contributed by atoms with Gasteiger partial charge < -0.3 is 31.3 Å². The Balaban J connectivity index is 6.35. The molecule has 0 aromatic heterocycles. The number of ketones is 1. The van der Waals surface area contributed by atoms with Gasteiger partial charge in [-0.15, -0.1) is 0 Å². The van der Waals surface area contributed by atoms with E-state index in [0.29, 0.717) is 0 Å². The van der Waals surface area contributed by atoms with Gasteiger partial charge in [0.05, 0.1) is 17.9 Å². The minimum atomic E-state index is -5.28. The molecule has 0 saturated carbocycles. The second-order valence-electron chi connectivity index (χ2n) is 9.95. The molecule has 39 heavy (non-hydrogen) atoms. The first-order valence-corrected chi connectivity index (χ1v) is 11.8. The van der Waals surface area contributed by atoms with Crippen molar-refractivity contribution in [2.24, 2.45) is 17.3 Å². The number of aliphatic carboxylic acids is 1. The molecular formula is C23H36F3N5O8. The molecule has 4 atom stereocenters. The van der Waals surface area contributed by atoms with Crippen LogP contribution in [0, 0.1) is 17.3 Å². The summed E-state index contributed by atoms with van der Waals surface area (Å²) in [5, 5.41) is 18.2. The van der Waals surface area contributed by atoms with Crippen molar-refractivity contribution in [2.45, 2.75) is 65.3 Å². The first-order chi connectivity index (χ1) is 17.6. The molecule has 0 aliphatic carbocycles. The van der Waals surface area contributed by atoms with E-state index in [2.05, 4.69) is 16.0 Å². The summed E-state index contributed by atoms with van der Waals surface area (Å²) in [7, 11) is 3.89. The summed E-state index contributed by atoms with van der Waals surface area (Å²) in [6, 6.07) is -5.15. The van der Waals surface area contributed by atoms with E-state index in [1.54, 1.807) is 19.2 Å². The Morgan fingerprint density at radius 1 is 0.821 bits per heavy atom. The number of alkyl halides is 3. The highest BCUT2D eigenvalue weighted by atomic mass is 19.4. The van der Waals surface area contributed by atoms with Crippen molar-refractivity contribution in [3.8, 4) is 0 Å². The SMILES string of the molecule is CNC(=O)[C@@H](NC(=O)[C@H](C(=O)N[C@@H](CC(=O)N(C)C)C(=O)N[C@@H](C)C(=O)C(F)(F)F)C(C)(C)C(=O)O)C(C)C. The van der Waals surface area contributed by atoms with Gasteiger partial charge in [-0.05, 0) is 26.7 Å². The van der Waals surface area contributed by atoms with E-state index in [9.17, 15) is 51.8 Å². The van der Waals surface area contributed by atoms with Gasteiger partial charge in [-0.1, -0.05) is 13.8 Å². The maximum absolute atomic E-state index is 13.3. The van der Waals surface area contributed by atoms with Crippen molar-refractivity contribution in [2.75, 3.05) is 21.1 Å². The molecule has 0 fully saturated rings. The second kappa shape index (κ2) is 13.9. The molecule has 13 nitrogen and oxygen atoms in total. The van der Waals surface area contributed by atoms with Gasteiger partial charge in [-0.3, -0.25) is 33.6 Å². The number of hydrogen-bond donors (Lipinski definition) is 5. The summed E-state index contributed by atoms with van der Waals surface area (Å²) < 4.78 is 38.3. The summed E-state index contributed by atoms with van der Waals surface area (Å²) in [5.41, 5.74) is -2.12. The van der Waals surface area contributed by atoms with Gasteiger partial charge in [0.15, 0.2) is 0 Å². The van der Waals surface area contributed by atoms with Crippen LogP contribution in [-0.2, 0) is 33.6 Å². The molecule has 16 heteroatoms. The largest absolute Gasteiger partial charge is 0.481 e. The zero-order valence-electron chi connectivity index (χ0n) is 23.0. The fourth-order valence-electron chi connectivity index (χ4n) is 3.27. The number of halogens is 3. The van der Waals surface area contributed by atoms with Crippen LogP contribution in [0.1, 0.15) is 41.0 Å².